The van der Waals surface area contributed by atoms with Gasteiger partial charge in [-0.25, -0.2) is 14.2 Å². The molecule has 3 aromatic heterocycles. The molecule has 1 fully saturated rings. The van der Waals surface area contributed by atoms with E-state index >= 15 is 0 Å². The van der Waals surface area contributed by atoms with Crippen molar-refractivity contribution in [2.45, 2.75) is 43.7 Å². The molecule has 9 heteroatoms. The van der Waals surface area contributed by atoms with E-state index in [9.17, 15) is 8.42 Å². The summed E-state index contributed by atoms with van der Waals surface area (Å²) in [6, 6.07) is 11.9. The van der Waals surface area contributed by atoms with Crippen LogP contribution in [0.5, 0.6) is 0 Å². The molecule has 35 heavy (non-hydrogen) atoms. The van der Waals surface area contributed by atoms with Gasteiger partial charge in [-0.3, -0.25) is 4.90 Å². The molecule has 182 valence electrons. The zero-order chi connectivity index (χ0) is 24.4. The van der Waals surface area contributed by atoms with Gasteiger partial charge in [0.05, 0.1) is 31.1 Å². The normalized spacial score (nSPS) is 16.5. The molecule has 1 aliphatic heterocycles. The minimum atomic E-state index is -2.98. The number of pyridine rings is 1. The van der Waals surface area contributed by atoms with Crippen molar-refractivity contribution in [2.24, 2.45) is 0 Å². The molecule has 1 unspecified atom stereocenters. The molecule has 5 rings (SSSR count). The number of rotatable bonds is 7. The molecule has 1 aliphatic rings. The van der Waals surface area contributed by atoms with Crippen LogP contribution in [-0.4, -0.2) is 48.3 Å². The van der Waals surface area contributed by atoms with Crippen LogP contribution < -0.4 is 15.2 Å². The Kier molecular flexibility index (Phi) is 6.53. The molecule has 0 saturated carbocycles. The molecule has 0 spiro atoms. The van der Waals surface area contributed by atoms with E-state index in [-0.39, 0.29) is 0 Å². The Labute approximate surface area is 206 Å². The second-order valence-corrected chi connectivity index (χ2v) is 11.3. The van der Waals surface area contributed by atoms with Crippen molar-refractivity contribution in [3.05, 3.63) is 72.3 Å². The van der Waals surface area contributed by atoms with Gasteiger partial charge in [-0.2, -0.15) is 4.21 Å². The van der Waals surface area contributed by atoms with E-state index in [1.165, 1.54) is 11.8 Å². The average Bonchev–Trinajstić information content (AvgIpc) is 3.31. The predicted molar refractivity (Wildman–Crippen MR) is 138 cm³/mol. The minimum Gasteiger partial charge on any atom is -0.310 e. The van der Waals surface area contributed by atoms with Gasteiger partial charge < -0.3 is 9.88 Å². The maximum atomic E-state index is 11.9. The van der Waals surface area contributed by atoms with Crippen LogP contribution >= 0.6 is 0 Å². The third-order valence-corrected chi connectivity index (χ3v) is 7.82. The second kappa shape index (κ2) is 9.75. The summed E-state index contributed by atoms with van der Waals surface area (Å²) < 4.78 is 23.8. The van der Waals surface area contributed by atoms with Crippen LogP contribution in [0.3, 0.4) is 0 Å². The lowest BCUT2D eigenvalue weighted by atomic mass is 10.0. The first kappa shape index (κ1) is 23.4. The molecule has 1 atom stereocenters. The van der Waals surface area contributed by atoms with Gasteiger partial charge in [0.1, 0.15) is 16.9 Å². The number of hydrogen-bond donors (Lipinski definition) is 1. The number of hydrogen-bond acceptors (Lipinski definition) is 5. The SMILES string of the molecule is CCc1cnc(N2CCC(NCc3ccc(-n4ccc5cc(S(C)(=O)=[OH+])ccc54)nc3)CC2)[nH+]c1. The highest BCUT2D eigenvalue weighted by atomic mass is 32.2. The van der Waals surface area contributed by atoms with Crippen LogP contribution in [0.2, 0.25) is 0 Å². The fourth-order valence-electron chi connectivity index (χ4n) is 4.52. The largest absolute Gasteiger partial charge is 0.391 e. The first-order valence-electron chi connectivity index (χ1n) is 12.0. The van der Waals surface area contributed by atoms with E-state index in [1.54, 1.807) is 12.1 Å². The van der Waals surface area contributed by atoms with Crippen molar-refractivity contribution in [2.75, 3.05) is 24.2 Å². The standard InChI is InChI=1S/C26H30N6O2S/c1-3-19-15-29-26(30-16-19)31-11-9-22(10-12-31)27-17-20-4-7-25(28-18-20)32-13-8-21-14-23(35(2,33)34)5-6-24(21)32/h4-8,13-16,18,22,27H,3,9-12,17H2,1-2H3/p+2. The molecule has 3 N–H and O–H groups in total. The van der Waals surface area contributed by atoms with Crippen molar-refractivity contribution >= 4 is 26.7 Å². The number of nitrogens with zero attached hydrogens (tertiary/aromatic N) is 4. The quantitative estimate of drug-likeness (QED) is 0.400. The molecule has 1 aromatic carbocycles. The number of aromatic nitrogens is 4. The molecule has 0 bridgehead atoms. The topological polar surface area (TPSA) is 98.6 Å². The van der Waals surface area contributed by atoms with Crippen molar-refractivity contribution in [3.63, 3.8) is 0 Å². The summed E-state index contributed by atoms with van der Waals surface area (Å²) in [7, 11) is -2.98. The molecule has 4 heterocycles. The maximum absolute atomic E-state index is 11.9. The monoisotopic (exact) mass is 492 g/mol. The Bertz CT molecular complexity index is 1410. The minimum absolute atomic E-state index is 0.437. The number of benzene rings is 1. The molecule has 4 aromatic rings. The summed E-state index contributed by atoms with van der Waals surface area (Å²) >= 11 is 0. The molecule has 1 saturated heterocycles. The number of nitrogens with one attached hydrogen (secondary N) is 2. The van der Waals surface area contributed by atoms with Crippen molar-refractivity contribution in [3.8, 4) is 5.82 Å². The van der Waals surface area contributed by atoms with Gasteiger partial charge in [0, 0.05) is 35.9 Å². The van der Waals surface area contributed by atoms with E-state index in [0.717, 1.165) is 67.1 Å². The van der Waals surface area contributed by atoms with Gasteiger partial charge in [0.25, 0.3) is 9.84 Å². The van der Waals surface area contributed by atoms with Crippen molar-refractivity contribution < 1.29 is 13.4 Å². The Hall–Kier alpha value is -3.30. The molecular weight excluding hydrogens is 460 g/mol. The highest BCUT2D eigenvalue weighted by molar-refractivity contribution is 7.90. The number of piperidine rings is 1. The molecular formula is C26H32N6O2S+2. The predicted octanol–water partition coefficient (Wildman–Crippen LogP) is 3.12. The van der Waals surface area contributed by atoms with Gasteiger partial charge in [-0.1, -0.05) is 18.0 Å². The smallest absolute Gasteiger partial charge is 0.310 e. The summed E-state index contributed by atoms with van der Waals surface area (Å²) in [5.74, 6) is 1.78. The molecule has 0 radical (unpaired) electrons. The lowest BCUT2D eigenvalue weighted by molar-refractivity contribution is -0.369. The average molecular weight is 493 g/mol. The summed E-state index contributed by atoms with van der Waals surface area (Å²) in [5, 5.41) is 4.59. The fourth-order valence-corrected chi connectivity index (χ4v) is 5.19. The zero-order valence-electron chi connectivity index (χ0n) is 20.1. The second-order valence-electron chi connectivity index (χ2n) is 9.17. The van der Waals surface area contributed by atoms with Crippen LogP contribution in [-0.2, 0) is 22.8 Å². The Balaban J connectivity index is 1.17. The summed E-state index contributed by atoms with van der Waals surface area (Å²) in [4.78, 5) is 15.3. The first-order valence-corrected chi connectivity index (χ1v) is 14.0. The van der Waals surface area contributed by atoms with Crippen molar-refractivity contribution in [1.82, 2.24) is 19.9 Å². The number of anilines is 1. The zero-order valence-corrected chi connectivity index (χ0v) is 21.0. The third-order valence-electron chi connectivity index (χ3n) is 6.69. The van der Waals surface area contributed by atoms with Gasteiger partial charge in [0.15, 0.2) is 0 Å². The maximum Gasteiger partial charge on any atom is 0.391 e. The Morgan fingerprint density at radius 1 is 1.11 bits per heavy atom. The summed E-state index contributed by atoms with van der Waals surface area (Å²) in [6.07, 6.45) is 12.3. The summed E-state index contributed by atoms with van der Waals surface area (Å²) in [5.41, 5.74) is 3.32. The van der Waals surface area contributed by atoms with Crippen LogP contribution in [0, 0.1) is 0 Å². The Morgan fingerprint density at radius 3 is 2.57 bits per heavy atom. The van der Waals surface area contributed by atoms with Crippen LogP contribution in [0.25, 0.3) is 16.7 Å². The fraction of sp³-hybridized carbons (Fsp3) is 0.346. The highest BCUT2D eigenvalue weighted by Gasteiger charge is 2.25. The molecule has 8 nitrogen and oxygen atoms in total. The number of fused-ring (bicyclic) bond motifs is 1. The van der Waals surface area contributed by atoms with Gasteiger partial charge >= 0.3 is 5.95 Å². The Morgan fingerprint density at radius 2 is 1.91 bits per heavy atom. The highest BCUT2D eigenvalue weighted by Crippen LogP contribution is 2.23. The molecule has 0 amide bonds. The third kappa shape index (κ3) is 5.21. The van der Waals surface area contributed by atoms with Crippen LogP contribution in [0.4, 0.5) is 5.95 Å². The van der Waals surface area contributed by atoms with E-state index in [1.807, 2.05) is 41.4 Å². The van der Waals surface area contributed by atoms with E-state index in [4.69, 9.17) is 0 Å². The van der Waals surface area contributed by atoms with E-state index < -0.39 is 9.84 Å². The number of H-pyrrole nitrogens is 1. The lowest BCUT2D eigenvalue weighted by Gasteiger charge is -2.28. The van der Waals surface area contributed by atoms with Crippen LogP contribution in [0.1, 0.15) is 30.9 Å². The lowest BCUT2D eigenvalue weighted by Crippen LogP contribution is -2.44. The van der Waals surface area contributed by atoms with E-state index in [2.05, 4.69) is 44.4 Å². The summed E-state index contributed by atoms with van der Waals surface area (Å²) in [6.45, 7) is 4.88. The number of aromatic amines is 1. The van der Waals surface area contributed by atoms with Crippen molar-refractivity contribution in [1.29, 1.82) is 0 Å². The number of aryl methyl sites for hydroxylation is 1. The van der Waals surface area contributed by atoms with Gasteiger partial charge in [0.2, 0.25) is 0 Å². The van der Waals surface area contributed by atoms with Gasteiger partial charge in [-0.05, 0) is 55.2 Å². The first-order chi connectivity index (χ1) is 16.9. The van der Waals surface area contributed by atoms with Gasteiger partial charge in [-0.15, -0.1) is 0 Å². The van der Waals surface area contributed by atoms with Crippen LogP contribution in [0.15, 0.2) is 66.1 Å². The molecule has 0 aliphatic carbocycles. The van der Waals surface area contributed by atoms with E-state index in [0.29, 0.717) is 10.9 Å².